The standard InChI is InChI=1S/C26H24O4/c1-16-5-6-17(2)20(13-16)15-29-22-11-12-23-24(14-22)30-18(3)25(26(23)27)19-7-9-21(28-4)10-8-19/h5-14H,15H2,1-4H3. The van der Waals surface area contributed by atoms with E-state index in [2.05, 4.69) is 32.0 Å². The molecule has 4 heteroatoms. The van der Waals surface area contributed by atoms with Crippen molar-refractivity contribution in [1.82, 2.24) is 0 Å². The quantitative estimate of drug-likeness (QED) is 0.414. The maximum absolute atomic E-state index is 13.1. The van der Waals surface area contributed by atoms with Gasteiger partial charge in [-0.2, -0.15) is 0 Å². The van der Waals surface area contributed by atoms with Crippen LogP contribution in [-0.4, -0.2) is 7.11 Å². The molecule has 0 N–H and O–H groups in total. The number of hydrogen-bond donors (Lipinski definition) is 0. The van der Waals surface area contributed by atoms with Crippen molar-refractivity contribution in [2.45, 2.75) is 27.4 Å². The van der Waals surface area contributed by atoms with Gasteiger partial charge in [0.05, 0.1) is 18.1 Å². The lowest BCUT2D eigenvalue weighted by Gasteiger charge is -2.11. The van der Waals surface area contributed by atoms with Crippen molar-refractivity contribution in [3.05, 3.63) is 93.3 Å². The smallest absolute Gasteiger partial charge is 0.200 e. The summed E-state index contributed by atoms with van der Waals surface area (Å²) in [7, 11) is 1.62. The molecule has 0 radical (unpaired) electrons. The second-order valence-corrected chi connectivity index (χ2v) is 7.47. The Morgan fingerprint density at radius 2 is 1.60 bits per heavy atom. The minimum atomic E-state index is -0.0556. The molecule has 1 aromatic heterocycles. The van der Waals surface area contributed by atoms with Crippen molar-refractivity contribution in [1.29, 1.82) is 0 Å². The summed E-state index contributed by atoms with van der Waals surface area (Å²) in [5.74, 6) is 1.99. The van der Waals surface area contributed by atoms with Gasteiger partial charge in [0.25, 0.3) is 0 Å². The zero-order valence-electron chi connectivity index (χ0n) is 17.6. The molecule has 0 saturated heterocycles. The van der Waals surface area contributed by atoms with E-state index < -0.39 is 0 Å². The molecule has 0 spiro atoms. The summed E-state index contributed by atoms with van der Waals surface area (Å²) in [5.41, 5.74) is 5.36. The Morgan fingerprint density at radius 1 is 0.867 bits per heavy atom. The van der Waals surface area contributed by atoms with Crippen molar-refractivity contribution in [3.8, 4) is 22.6 Å². The molecule has 4 rings (SSSR count). The molecule has 0 bridgehead atoms. The Labute approximate surface area is 175 Å². The lowest BCUT2D eigenvalue weighted by molar-refractivity contribution is 0.305. The second-order valence-electron chi connectivity index (χ2n) is 7.47. The van der Waals surface area contributed by atoms with Crippen LogP contribution in [0.4, 0.5) is 0 Å². The summed E-state index contributed by atoms with van der Waals surface area (Å²) >= 11 is 0. The SMILES string of the molecule is COc1ccc(-c2c(C)oc3cc(OCc4cc(C)ccc4C)ccc3c2=O)cc1. The Bertz CT molecular complexity index is 1270. The number of rotatable bonds is 5. The molecule has 3 aromatic carbocycles. The molecule has 152 valence electrons. The number of hydrogen-bond acceptors (Lipinski definition) is 4. The minimum absolute atomic E-state index is 0.0556. The lowest BCUT2D eigenvalue weighted by atomic mass is 10.0. The highest BCUT2D eigenvalue weighted by Gasteiger charge is 2.14. The molecule has 0 aliphatic heterocycles. The highest BCUT2D eigenvalue weighted by molar-refractivity contribution is 5.83. The van der Waals surface area contributed by atoms with Crippen molar-refractivity contribution in [3.63, 3.8) is 0 Å². The van der Waals surface area contributed by atoms with E-state index in [0.29, 0.717) is 34.6 Å². The van der Waals surface area contributed by atoms with Crippen LogP contribution in [0.25, 0.3) is 22.1 Å². The summed E-state index contributed by atoms with van der Waals surface area (Å²) in [6, 6.07) is 19.1. The molecule has 4 aromatic rings. The van der Waals surface area contributed by atoms with E-state index in [-0.39, 0.29) is 5.43 Å². The average Bonchev–Trinajstić information content (AvgIpc) is 2.74. The first kappa shape index (κ1) is 19.8. The Morgan fingerprint density at radius 3 is 2.33 bits per heavy atom. The van der Waals surface area contributed by atoms with Gasteiger partial charge >= 0.3 is 0 Å². The summed E-state index contributed by atoms with van der Waals surface area (Å²) in [6.07, 6.45) is 0. The van der Waals surface area contributed by atoms with Crippen LogP contribution < -0.4 is 14.9 Å². The molecule has 30 heavy (non-hydrogen) atoms. The Balaban J connectivity index is 1.67. The van der Waals surface area contributed by atoms with Crippen molar-refractivity contribution in [2.24, 2.45) is 0 Å². The minimum Gasteiger partial charge on any atom is -0.497 e. The molecule has 0 fully saturated rings. The van der Waals surface area contributed by atoms with Gasteiger partial charge < -0.3 is 13.9 Å². The van der Waals surface area contributed by atoms with Crippen LogP contribution in [0.5, 0.6) is 11.5 Å². The zero-order chi connectivity index (χ0) is 21.3. The molecule has 0 unspecified atom stereocenters. The first-order chi connectivity index (χ1) is 14.5. The van der Waals surface area contributed by atoms with E-state index in [1.807, 2.05) is 37.3 Å². The molecule has 0 aliphatic rings. The maximum atomic E-state index is 13.1. The van der Waals surface area contributed by atoms with Crippen molar-refractivity contribution in [2.75, 3.05) is 7.11 Å². The van der Waals surface area contributed by atoms with Gasteiger partial charge in [0, 0.05) is 6.07 Å². The normalized spacial score (nSPS) is 10.9. The number of benzene rings is 3. The van der Waals surface area contributed by atoms with Gasteiger partial charge in [-0.1, -0.05) is 35.9 Å². The highest BCUT2D eigenvalue weighted by Crippen LogP contribution is 2.28. The fourth-order valence-electron chi connectivity index (χ4n) is 3.58. The van der Waals surface area contributed by atoms with E-state index in [4.69, 9.17) is 13.9 Å². The van der Waals surface area contributed by atoms with Crippen LogP contribution in [0.3, 0.4) is 0 Å². The van der Waals surface area contributed by atoms with Crippen LogP contribution in [0.1, 0.15) is 22.5 Å². The molecule has 0 aliphatic carbocycles. The van der Waals surface area contributed by atoms with Crippen LogP contribution in [0.15, 0.2) is 69.9 Å². The zero-order valence-corrected chi connectivity index (χ0v) is 17.6. The van der Waals surface area contributed by atoms with Gasteiger partial charge in [-0.25, -0.2) is 0 Å². The first-order valence-electron chi connectivity index (χ1n) is 9.87. The highest BCUT2D eigenvalue weighted by atomic mass is 16.5. The van der Waals surface area contributed by atoms with E-state index in [9.17, 15) is 4.79 Å². The molecule has 1 heterocycles. The molecule has 0 saturated carbocycles. The van der Waals surface area contributed by atoms with Crippen LogP contribution in [0, 0.1) is 20.8 Å². The molecule has 0 atom stereocenters. The second kappa shape index (κ2) is 8.07. The number of ether oxygens (including phenoxy) is 2. The van der Waals surface area contributed by atoms with Gasteiger partial charge in [0.15, 0.2) is 0 Å². The summed E-state index contributed by atoms with van der Waals surface area (Å²) in [4.78, 5) is 13.1. The summed E-state index contributed by atoms with van der Waals surface area (Å²) in [5, 5.41) is 0.533. The van der Waals surface area contributed by atoms with E-state index in [0.717, 1.165) is 16.9 Å². The van der Waals surface area contributed by atoms with Crippen molar-refractivity contribution >= 4 is 11.0 Å². The molecular formula is C26H24O4. The largest absolute Gasteiger partial charge is 0.497 e. The van der Waals surface area contributed by atoms with E-state index >= 15 is 0 Å². The fraction of sp³-hybridized carbons (Fsp3) is 0.192. The molecule has 4 nitrogen and oxygen atoms in total. The first-order valence-corrected chi connectivity index (χ1v) is 9.87. The Hall–Kier alpha value is -3.53. The average molecular weight is 400 g/mol. The molecular weight excluding hydrogens is 376 g/mol. The number of fused-ring (bicyclic) bond motifs is 1. The maximum Gasteiger partial charge on any atom is 0.200 e. The Kier molecular flexibility index (Phi) is 5.32. The monoisotopic (exact) mass is 400 g/mol. The van der Waals surface area contributed by atoms with Crippen LogP contribution in [-0.2, 0) is 6.61 Å². The number of aryl methyl sites for hydroxylation is 3. The van der Waals surface area contributed by atoms with Crippen LogP contribution >= 0.6 is 0 Å². The fourth-order valence-corrected chi connectivity index (χ4v) is 3.58. The van der Waals surface area contributed by atoms with Gasteiger partial charge in [-0.3, -0.25) is 4.79 Å². The summed E-state index contributed by atoms with van der Waals surface area (Å²) in [6.45, 7) is 6.41. The van der Waals surface area contributed by atoms with Gasteiger partial charge in [0.1, 0.15) is 29.4 Å². The van der Waals surface area contributed by atoms with E-state index in [1.165, 1.54) is 11.1 Å². The topological polar surface area (TPSA) is 48.7 Å². The molecule has 0 amide bonds. The van der Waals surface area contributed by atoms with Gasteiger partial charge in [0.2, 0.25) is 5.43 Å². The van der Waals surface area contributed by atoms with Gasteiger partial charge in [-0.05, 0) is 61.7 Å². The lowest BCUT2D eigenvalue weighted by Crippen LogP contribution is -2.07. The third-order valence-electron chi connectivity index (χ3n) is 5.32. The number of methoxy groups -OCH3 is 1. The predicted octanol–water partition coefficient (Wildman–Crippen LogP) is 5.97. The predicted molar refractivity (Wildman–Crippen MR) is 119 cm³/mol. The summed E-state index contributed by atoms with van der Waals surface area (Å²) < 4.78 is 17.2. The van der Waals surface area contributed by atoms with Crippen LogP contribution in [0.2, 0.25) is 0 Å². The third kappa shape index (κ3) is 3.81. The van der Waals surface area contributed by atoms with Gasteiger partial charge in [-0.15, -0.1) is 0 Å². The van der Waals surface area contributed by atoms with E-state index in [1.54, 1.807) is 19.2 Å². The van der Waals surface area contributed by atoms with Crippen molar-refractivity contribution < 1.29 is 13.9 Å². The third-order valence-corrected chi connectivity index (χ3v) is 5.32.